The summed E-state index contributed by atoms with van der Waals surface area (Å²) in [5.74, 6) is -0.870. The molecule has 0 spiro atoms. The molecule has 0 aromatic heterocycles. The lowest BCUT2D eigenvalue weighted by Gasteiger charge is -2.09. The van der Waals surface area contributed by atoms with Gasteiger partial charge in [-0.1, -0.05) is 6.92 Å². The highest BCUT2D eigenvalue weighted by atomic mass is 35.5. The van der Waals surface area contributed by atoms with Crippen LogP contribution in [-0.2, 0) is 4.79 Å². The first kappa shape index (κ1) is 9.82. The van der Waals surface area contributed by atoms with E-state index in [4.69, 9.17) is 11.6 Å². The van der Waals surface area contributed by atoms with E-state index in [0.717, 1.165) is 0 Å². The Bertz CT molecular complexity index is 116. The molecule has 0 fully saturated rings. The maximum atomic E-state index is 11.8. The van der Waals surface area contributed by atoms with Crippen molar-refractivity contribution < 1.29 is 13.6 Å². The van der Waals surface area contributed by atoms with Gasteiger partial charge in [0.2, 0.25) is 11.7 Å². The molecule has 60 valence electrons. The molecule has 1 unspecified atom stereocenters. The molecule has 0 saturated heterocycles. The predicted octanol–water partition coefficient (Wildman–Crippen LogP) is 2.43. The normalized spacial score (nSPS) is 13.7. The van der Waals surface area contributed by atoms with Gasteiger partial charge in [0.1, 0.15) is 0 Å². The van der Waals surface area contributed by atoms with Crippen LogP contribution in [0.15, 0.2) is 0 Å². The summed E-state index contributed by atoms with van der Waals surface area (Å²) in [7, 11) is 0. The lowest BCUT2D eigenvalue weighted by Crippen LogP contribution is -2.12. The minimum atomic E-state index is -2.44. The first-order chi connectivity index (χ1) is 4.57. The summed E-state index contributed by atoms with van der Waals surface area (Å²) >= 11 is 4.92. The molecule has 0 N–H and O–H groups in total. The van der Waals surface area contributed by atoms with Gasteiger partial charge >= 0.3 is 0 Å². The minimum absolute atomic E-state index is 0.226. The van der Waals surface area contributed by atoms with Gasteiger partial charge in [0.15, 0.2) is 0 Å². The highest BCUT2D eigenvalue weighted by molar-refractivity contribution is 6.63. The van der Waals surface area contributed by atoms with E-state index in [9.17, 15) is 13.6 Å². The molecule has 0 aliphatic heterocycles. The van der Waals surface area contributed by atoms with Crippen molar-refractivity contribution in [3.8, 4) is 0 Å². The number of rotatable bonds is 4. The highest BCUT2D eigenvalue weighted by Gasteiger charge is 2.20. The van der Waals surface area contributed by atoms with Crippen LogP contribution in [-0.4, -0.2) is 11.7 Å². The van der Waals surface area contributed by atoms with Crippen molar-refractivity contribution in [1.29, 1.82) is 0 Å². The summed E-state index contributed by atoms with van der Waals surface area (Å²) in [4.78, 5) is 10.1. The van der Waals surface area contributed by atoms with Gasteiger partial charge in [-0.2, -0.15) is 0 Å². The molecule has 0 aromatic carbocycles. The second-order valence-electron chi connectivity index (χ2n) is 2.06. The maximum Gasteiger partial charge on any atom is 0.241 e. The fourth-order valence-corrected chi connectivity index (χ4v) is 0.816. The molecule has 0 saturated carbocycles. The second-order valence-corrected chi connectivity index (χ2v) is 2.48. The van der Waals surface area contributed by atoms with Crippen LogP contribution >= 0.6 is 11.6 Å². The Morgan fingerprint density at radius 1 is 1.60 bits per heavy atom. The summed E-state index contributed by atoms with van der Waals surface area (Å²) in [6.07, 6.45) is -2.38. The van der Waals surface area contributed by atoms with Crippen LogP contribution in [0.25, 0.3) is 0 Å². The Labute approximate surface area is 63.4 Å². The van der Waals surface area contributed by atoms with Gasteiger partial charge in [0, 0.05) is 12.3 Å². The number of hydrogen-bond acceptors (Lipinski definition) is 1. The zero-order valence-corrected chi connectivity index (χ0v) is 6.37. The predicted molar refractivity (Wildman–Crippen MR) is 35.3 cm³/mol. The molecule has 0 aliphatic rings. The summed E-state index contributed by atoms with van der Waals surface area (Å²) in [6, 6.07) is 0. The lowest BCUT2D eigenvalue weighted by molar-refractivity contribution is -0.113. The number of hydrogen-bond donors (Lipinski definition) is 0. The van der Waals surface area contributed by atoms with Crippen molar-refractivity contribution in [2.75, 3.05) is 0 Å². The van der Waals surface area contributed by atoms with Gasteiger partial charge < -0.3 is 0 Å². The standard InChI is InChI=1S/C6H9ClF2O/c1-2-4(6(8)9)3-5(7)10/h4,6H,2-3H2,1H3. The first-order valence-electron chi connectivity index (χ1n) is 3.04. The maximum absolute atomic E-state index is 11.8. The van der Waals surface area contributed by atoms with Crippen LogP contribution in [0.3, 0.4) is 0 Å². The summed E-state index contributed by atoms with van der Waals surface area (Å²) in [6.45, 7) is 1.61. The van der Waals surface area contributed by atoms with Crippen molar-refractivity contribution in [2.45, 2.75) is 26.2 Å². The molecule has 0 aliphatic carbocycles. The fourth-order valence-electron chi connectivity index (χ4n) is 0.618. The topological polar surface area (TPSA) is 17.1 Å². The molecule has 0 rings (SSSR count). The molecule has 1 atom stereocenters. The number of halogens is 3. The van der Waals surface area contributed by atoms with Crippen LogP contribution in [0, 0.1) is 5.92 Å². The van der Waals surface area contributed by atoms with Gasteiger partial charge in [-0.25, -0.2) is 8.78 Å². The number of carbonyl (C=O) groups is 1. The third-order valence-corrected chi connectivity index (χ3v) is 1.46. The SMILES string of the molecule is CCC(CC(=O)Cl)C(F)F. The monoisotopic (exact) mass is 170 g/mol. The molecule has 0 aromatic rings. The van der Waals surface area contributed by atoms with Crippen molar-refractivity contribution >= 4 is 16.8 Å². The Morgan fingerprint density at radius 3 is 2.20 bits per heavy atom. The minimum Gasteiger partial charge on any atom is -0.281 e. The zero-order chi connectivity index (χ0) is 8.15. The summed E-state index contributed by atoms with van der Waals surface area (Å²) in [5.41, 5.74) is 0. The van der Waals surface area contributed by atoms with Gasteiger partial charge in [0.25, 0.3) is 0 Å². The van der Waals surface area contributed by atoms with E-state index >= 15 is 0 Å². The van der Waals surface area contributed by atoms with Crippen molar-refractivity contribution in [3.05, 3.63) is 0 Å². The van der Waals surface area contributed by atoms with Crippen molar-refractivity contribution in [2.24, 2.45) is 5.92 Å². The van der Waals surface area contributed by atoms with E-state index in [2.05, 4.69) is 0 Å². The van der Waals surface area contributed by atoms with Crippen LogP contribution in [0.4, 0.5) is 8.78 Å². The van der Waals surface area contributed by atoms with E-state index < -0.39 is 17.6 Å². The van der Waals surface area contributed by atoms with Gasteiger partial charge in [-0.3, -0.25) is 4.79 Å². The molecular formula is C6H9ClF2O. The summed E-state index contributed by atoms with van der Waals surface area (Å²) < 4.78 is 23.7. The van der Waals surface area contributed by atoms with Gasteiger partial charge in [-0.15, -0.1) is 0 Å². The molecular weight excluding hydrogens is 162 g/mol. The van der Waals surface area contributed by atoms with E-state index in [0.29, 0.717) is 0 Å². The Kier molecular flexibility index (Phi) is 4.52. The van der Waals surface area contributed by atoms with E-state index in [1.165, 1.54) is 0 Å². The smallest absolute Gasteiger partial charge is 0.241 e. The van der Waals surface area contributed by atoms with E-state index in [-0.39, 0.29) is 12.8 Å². The van der Waals surface area contributed by atoms with Crippen molar-refractivity contribution in [3.63, 3.8) is 0 Å². The second kappa shape index (κ2) is 4.61. The molecule has 1 nitrogen and oxygen atoms in total. The number of alkyl halides is 2. The Morgan fingerprint density at radius 2 is 2.10 bits per heavy atom. The molecule has 0 bridgehead atoms. The Hall–Kier alpha value is -0.180. The molecule has 0 amide bonds. The molecule has 0 radical (unpaired) electrons. The Balaban J connectivity index is 3.71. The average Bonchev–Trinajstić information content (AvgIpc) is 1.81. The van der Waals surface area contributed by atoms with Crippen molar-refractivity contribution in [1.82, 2.24) is 0 Å². The largest absolute Gasteiger partial charge is 0.281 e. The van der Waals surface area contributed by atoms with Crippen LogP contribution in [0.5, 0.6) is 0 Å². The molecule has 10 heavy (non-hydrogen) atoms. The lowest BCUT2D eigenvalue weighted by atomic mass is 10.0. The van der Waals surface area contributed by atoms with Crippen LogP contribution < -0.4 is 0 Å². The molecule has 4 heteroatoms. The average molecular weight is 171 g/mol. The third-order valence-electron chi connectivity index (χ3n) is 1.30. The third kappa shape index (κ3) is 3.77. The van der Waals surface area contributed by atoms with Gasteiger partial charge in [0.05, 0.1) is 0 Å². The van der Waals surface area contributed by atoms with Crippen LogP contribution in [0.2, 0.25) is 0 Å². The highest BCUT2D eigenvalue weighted by Crippen LogP contribution is 2.18. The summed E-state index contributed by atoms with van der Waals surface area (Å²) in [5, 5.41) is -0.688. The quantitative estimate of drug-likeness (QED) is 0.593. The van der Waals surface area contributed by atoms with E-state index in [1.54, 1.807) is 6.92 Å². The van der Waals surface area contributed by atoms with Crippen LogP contribution in [0.1, 0.15) is 19.8 Å². The zero-order valence-electron chi connectivity index (χ0n) is 5.61. The number of carbonyl (C=O) groups excluding carboxylic acids is 1. The van der Waals surface area contributed by atoms with E-state index in [1.807, 2.05) is 0 Å². The first-order valence-corrected chi connectivity index (χ1v) is 3.42. The molecule has 0 heterocycles. The van der Waals surface area contributed by atoms with Gasteiger partial charge in [-0.05, 0) is 18.0 Å². The fraction of sp³-hybridized carbons (Fsp3) is 0.833.